The van der Waals surface area contributed by atoms with Crippen LogP contribution in [0, 0.1) is 6.92 Å². The van der Waals surface area contributed by atoms with Crippen LogP contribution in [0.5, 0.6) is 0 Å². The zero-order chi connectivity index (χ0) is 11.1. The Balaban J connectivity index is 2.34. The van der Waals surface area contributed by atoms with Crippen molar-refractivity contribution in [2.45, 2.75) is 39.5 Å². The molecular weight excluding hydrogens is 202 g/mol. The molecule has 0 saturated carbocycles. The Morgan fingerprint density at radius 2 is 1.87 bits per heavy atom. The molecule has 15 heavy (non-hydrogen) atoms. The van der Waals surface area contributed by atoms with Gasteiger partial charge in [-0.3, -0.25) is 0 Å². The van der Waals surface area contributed by atoms with E-state index in [2.05, 4.69) is 43.4 Å². The summed E-state index contributed by atoms with van der Waals surface area (Å²) in [6, 6.07) is 8.33. The van der Waals surface area contributed by atoms with Gasteiger partial charge in [0.25, 0.3) is 0 Å². The van der Waals surface area contributed by atoms with Gasteiger partial charge in [-0.1, -0.05) is 49.7 Å². The van der Waals surface area contributed by atoms with E-state index in [1.165, 1.54) is 24.8 Å². The Labute approximate surface area is 97.9 Å². The molecule has 0 fully saturated rings. The van der Waals surface area contributed by atoms with Crippen LogP contribution in [0.4, 0.5) is 5.69 Å². The summed E-state index contributed by atoms with van der Waals surface area (Å²) in [6.45, 7) is 4.29. The number of nitrogens with one attached hydrogen (secondary N) is 1. The summed E-state index contributed by atoms with van der Waals surface area (Å²) in [5.74, 6) is 0. The first kappa shape index (κ1) is 12.2. The molecular formula is C13H19NS. The van der Waals surface area contributed by atoms with Crippen molar-refractivity contribution in [2.75, 3.05) is 5.32 Å². The molecule has 0 unspecified atom stereocenters. The minimum absolute atomic E-state index is 0.951. The van der Waals surface area contributed by atoms with Gasteiger partial charge in [-0.05, 0) is 31.9 Å². The number of aryl methyl sites for hydroxylation is 1. The minimum Gasteiger partial charge on any atom is -0.350 e. The van der Waals surface area contributed by atoms with Crippen LogP contribution in [0.3, 0.4) is 0 Å². The number of unbranched alkanes of at least 4 members (excludes halogenated alkanes) is 2. The molecule has 1 nitrogen and oxygen atoms in total. The van der Waals surface area contributed by atoms with Crippen LogP contribution in [-0.2, 0) is 0 Å². The van der Waals surface area contributed by atoms with Gasteiger partial charge in [0, 0.05) is 5.69 Å². The van der Waals surface area contributed by atoms with Crippen LogP contribution in [0.25, 0.3) is 0 Å². The Bertz CT molecular complexity index is 303. The number of thiocarbonyl (C=S) groups is 1. The summed E-state index contributed by atoms with van der Waals surface area (Å²) in [5.41, 5.74) is 2.37. The molecule has 1 aromatic rings. The molecule has 0 amide bonds. The first-order valence-electron chi connectivity index (χ1n) is 5.59. The lowest BCUT2D eigenvalue weighted by Crippen LogP contribution is -2.08. The van der Waals surface area contributed by atoms with Gasteiger partial charge in [0.05, 0.1) is 4.99 Å². The molecule has 0 aliphatic carbocycles. The van der Waals surface area contributed by atoms with Gasteiger partial charge in [0.15, 0.2) is 0 Å². The number of benzene rings is 1. The molecule has 0 aliphatic rings. The lowest BCUT2D eigenvalue weighted by atomic mass is 10.2. The summed E-state index contributed by atoms with van der Waals surface area (Å²) in [7, 11) is 0. The molecule has 2 heteroatoms. The molecule has 0 spiro atoms. The average molecular weight is 221 g/mol. The van der Waals surface area contributed by atoms with Crippen molar-refractivity contribution >= 4 is 22.9 Å². The van der Waals surface area contributed by atoms with Crippen molar-refractivity contribution in [3.63, 3.8) is 0 Å². The summed E-state index contributed by atoms with van der Waals surface area (Å²) in [6.07, 6.45) is 4.69. The zero-order valence-corrected chi connectivity index (χ0v) is 10.4. The van der Waals surface area contributed by atoms with Crippen molar-refractivity contribution in [3.05, 3.63) is 29.8 Å². The molecule has 1 rings (SSSR count). The minimum atomic E-state index is 0.951. The van der Waals surface area contributed by atoms with Crippen molar-refractivity contribution in [2.24, 2.45) is 0 Å². The van der Waals surface area contributed by atoms with Crippen LogP contribution in [-0.4, -0.2) is 4.99 Å². The fourth-order valence-corrected chi connectivity index (χ4v) is 1.66. The maximum atomic E-state index is 5.27. The molecule has 0 heterocycles. The van der Waals surface area contributed by atoms with E-state index in [1.807, 2.05) is 0 Å². The quantitative estimate of drug-likeness (QED) is 0.587. The summed E-state index contributed by atoms with van der Waals surface area (Å²) in [5, 5.41) is 3.26. The first-order chi connectivity index (χ1) is 7.22. The van der Waals surface area contributed by atoms with Gasteiger partial charge >= 0.3 is 0 Å². The molecule has 0 radical (unpaired) electrons. The molecule has 0 bridgehead atoms. The number of hydrogen-bond acceptors (Lipinski definition) is 1. The molecule has 0 atom stereocenters. The molecule has 1 N–H and O–H groups in total. The highest BCUT2D eigenvalue weighted by Crippen LogP contribution is 2.10. The second-order valence-corrected chi connectivity index (χ2v) is 4.36. The van der Waals surface area contributed by atoms with Crippen molar-refractivity contribution in [1.82, 2.24) is 0 Å². The average Bonchev–Trinajstić information content (AvgIpc) is 2.22. The third kappa shape index (κ3) is 4.93. The van der Waals surface area contributed by atoms with E-state index in [1.54, 1.807) is 0 Å². The summed E-state index contributed by atoms with van der Waals surface area (Å²) < 4.78 is 0. The molecule has 0 aliphatic heterocycles. The number of rotatable bonds is 5. The lowest BCUT2D eigenvalue weighted by molar-refractivity contribution is 0.744. The van der Waals surface area contributed by atoms with Gasteiger partial charge in [0.1, 0.15) is 0 Å². The fourth-order valence-electron chi connectivity index (χ4n) is 1.40. The lowest BCUT2D eigenvalue weighted by Gasteiger charge is -2.07. The first-order valence-corrected chi connectivity index (χ1v) is 5.99. The van der Waals surface area contributed by atoms with Gasteiger partial charge in [0.2, 0.25) is 0 Å². The van der Waals surface area contributed by atoms with Gasteiger partial charge in [-0.15, -0.1) is 0 Å². The normalized spacial score (nSPS) is 10.0. The van der Waals surface area contributed by atoms with E-state index in [0.717, 1.165) is 17.1 Å². The zero-order valence-electron chi connectivity index (χ0n) is 9.55. The van der Waals surface area contributed by atoms with Crippen LogP contribution in [0.2, 0.25) is 0 Å². The van der Waals surface area contributed by atoms with E-state index >= 15 is 0 Å². The predicted octanol–water partition coefficient (Wildman–Crippen LogP) is 4.31. The van der Waals surface area contributed by atoms with E-state index in [0.29, 0.717) is 0 Å². The van der Waals surface area contributed by atoms with Gasteiger partial charge < -0.3 is 5.32 Å². The van der Waals surface area contributed by atoms with E-state index < -0.39 is 0 Å². The largest absolute Gasteiger partial charge is 0.350 e. The Kier molecular flexibility index (Phi) is 5.33. The Morgan fingerprint density at radius 1 is 1.20 bits per heavy atom. The van der Waals surface area contributed by atoms with E-state index in [4.69, 9.17) is 12.2 Å². The highest BCUT2D eigenvalue weighted by Gasteiger charge is 1.97. The third-order valence-electron chi connectivity index (χ3n) is 2.34. The van der Waals surface area contributed by atoms with Crippen molar-refractivity contribution < 1.29 is 0 Å². The second-order valence-electron chi connectivity index (χ2n) is 3.87. The van der Waals surface area contributed by atoms with Crippen LogP contribution < -0.4 is 5.32 Å². The van der Waals surface area contributed by atoms with Crippen LogP contribution >= 0.6 is 12.2 Å². The maximum absolute atomic E-state index is 5.27. The SMILES string of the molecule is CCCCCC(=S)Nc1ccc(C)cc1. The molecule has 1 aromatic carbocycles. The Morgan fingerprint density at radius 3 is 2.47 bits per heavy atom. The van der Waals surface area contributed by atoms with E-state index in [-0.39, 0.29) is 0 Å². The van der Waals surface area contributed by atoms with Crippen LogP contribution in [0.15, 0.2) is 24.3 Å². The number of hydrogen-bond donors (Lipinski definition) is 1. The topological polar surface area (TPSA) is 12.0 Å². The monoisotopic (exact) mass is 221 g/mol. The van der Waals surface area contributed by atoms with E-state index in [9.17, 15) is 0 Å². The fraction of sp³-hybridized carbons (Fsp3) is 0.462. The molecule has 82 valence electrons. The van der Waals surface area contributed by atoms with Crippen molar-refractivity contribution in [3.8, 4) is 0 Å². The summed E-state index contributed by atoms with van der Waals surface area (Å²) in [4.78, 5) is 0.951. The standard InChI is InChI=1S/C13H19NS/c1-3-4-5-6-13(15)14-12-9-7-11(2)8-10-12/h7-10H,3-6H2,1-2H3,(H,14,15). The Hall–Kier alpha value is -0.890. The van der Waals surface area contributed by atoms with Crippen molar-refractivity contribution in [1.29, 1.82) is 0 Å². The number of anilines is 1. The molecule has 0 saturated heterocycles. The summed E-state index contributed by atoms with van der Waals surface area (Å²) >= 11 is 5.27. The van der Waals surface area contributed by atoms with Gasteiger partial charge in [-0.25, -0.2) is 0 Å². The smallest absolute Gasteiger partial charge is 0.0797 e. The molecule has 0 aromatic heterocycles. The highest BCUT2D eigenvalue weighted by molar-refractivity contribution is 7.80. The third-order valence-corrected chi connectivity index (χ3v) is 2.65. The van der Waals surface area contributed by atoms with Crippen LogP contribution in [0.1, 0.15) is 38.2 Å². The van der Waals surface area contributed by atoms with Gasteiger partial charge in [-0.2, -0.15) is 0 Å². The second kappa shape index (κ2) is 6.57. The highest BCUT2D eigenvalue weighted by atomic mass is 32.1. The predicted molar refractivity (Wildman–Crippen MR) is 71.5 cm³/mol. The maximum Gasteiger partial charge on any atom is 0.0797 e.